The van der Waals surface area contributed by atoms with Crippen LogP contribution in [0, 0.1) is 17.5 Å². The molecule has 0 radical (unpaired) electrons. The van der Waals surface area contributed by atoms with Crippen LogP contribution in [0.25, 0.3) is 0 Å². The van der Waals surface area contributed by atoms with Gasteiger partial charge < -0.3 is 4.57 Å². The smallest absolute Gasteiger partial charge is 0.194 e. The minimum atomic E-state index is -1.47. The SMILES string of the molecule is C=CC1=CC=CNN1c1cn(Cc2cc(F)c(F)c(F)c2)cn1. The molecule has 1 aromatic heterocycles. The van der Waals surface area contributed by atoms with Crippen molar-refractivity contribution in [3.63, 3.8) is 0 Å². The van der Waals surface area contributed by atoms with E-state index in [9.17, 15) is 13.2 Å². The van der Waals surface area contributed by atoms with E-state index in [4.69, 9.17) is 0 Å². The van der Waals surface area contributed by atoms with Crippen molar-refractivity contribution in [3.8, 4) is 0 Å². The van der Waals surface area contributed by atoms with Crippen LogP contribution in [0.5, 0.6) is 0 Å². The molecule has 0 aliphatic carbocycles. The molecule has 0 amide bonds. The molecule has 0 saturated carbocycles. The topological polar surface area (TPSA) is 33.1 Å². The van der Waals surface area contributed by atoms with E-state index in [1.54, 1.807) is 28.0 Å². The third kappa shape index (κ3) is 2.98. The first kappa shape index (κ1) is 15.0. The highest BCUT2D eigenvalue weighted by Gasteiger charge is 2.14. The van der Waals surface area contributed by atoms with Gasteiger partial charge in [-0.15, -0.1) is 0 Å². The zero-order chi connectivity index (χ0) is 16.4. The van der Waals surface area contributed by atoms with Crippen molar-refractivity contribution in [1.82, 2.24) is 15.0 Å². The van der Waals surface area contributed by atoms with E-state index in [2.05, 4.69) is 17.0 Å². The zero-order valence-corrected chi connectivity index (χ0v) is 12.0. The Balaban J connectivity index is 1.81. The first-order chi connectivity index (χ1) is 11.1. The highest BCUT2D eigenvalue weighted by molar-refractivity contribution is 5.49. The van der Waals surface area contributed by atoms with Gasteiger partial charge in [-0.3, -0.25) is 5.43 Å². The van der Waals surface area contributed by atoms with Gasteiger partial charge >= 0.3 is 0 Å². The van der Waals surface area contributed by atoms with Crippen LogP contribution in [-0.2, 0) is 6.54 Å². The quantitative estimate of drug-likeness (QED) is 0.879. The lowest BCUT2D eigenvalue weighted by Gasteiger charge is -2.24. The lowest BCUT2D eigenvalue weighted by molar-refractivity contribution is 0.444. The third-order valence-electron chi connectivity index (χ3n) is 3.29. The van der Waals surface area contributed by atoms with E-state index < -0.39 is 17.5 Å². The van der Waals surface area contributed by atoms with Crippen molar-refractivity contribution in [2.24, 2.45) is 0 Å². The predicted octanol–water partition coefficient (Wildman–Crippen LogP) is 3.26. The molecule has 0 fully saturated rings. The standard InChI is InChI=1S/C16H13F3N4/c1-2-12-4-3-5-21-23(12)15-9-22(10-20-15)8-11-6-13(17)16(19)14(18)7-11/h2-7,9-10,21H,1,8H2. The van der Waals surface area contributed by atoms with E-state index in [-0.39, 0.29) is 6.54 Å². The first-order valence-electron chi connectivity index (χ1n) is 6.79. The number of hydrogen-bond acceptors (Lipinski definition) is 3. The number of allylic oxidation sites excluding steroid dienone is 3. The Morgan fingerprint density at radius 3 is 2.65 bits per heavy atom. The molecule has 118 valence electrons. The van der Waals surface area contributed by atoms with Crippen molar-refractivity contribution in [2.45, 2.75) is 6.54 Å². The largest absolute Gasteiger partial charge is 0.331 e. The summed E-state index contributed by atoms with van der Waals surface area (Å²) in [5.74, 6) is -3.30. The number of hydrogen-bond donors (Lipinski definition) is 1. The highest BCUT2D eigenvalue weighted by Crippen LogP contribution is 2.19. The average molecular weight is 318 g/mol. The molecule has 3 rings (SSSR count). The second-order valence-corrected chi connectivity index (χ2v) is 4.90. The Morgan fingerprint density at radius 1 is 1.22 bits per heavy atom. The van der Waals surface area contributed by atoms with Gasteiger partial charge in [-0.1, -0.05) is 6.58 Å². The summed E-state index contributed by atoms with van der Waals surface area (Å²) in [6.07, 6.45) is 10.3. The number of anilines is 1. The van der Waals surface area contributed by atoms with Crippen LogP contribution < -0.4 is 10.4 Å². The highest BCUT2D eigenvalue weighted by atomic mass is 19.2. The molecule has 0 unspecified atom stereocenters. The van der Waals surface area contributed by atoms with Gasteiger partial charge in [-0.2, -0.15) is 0 Å². The van der Waals surface area contributed by atoms with E-state index in [1.807, 2.05) is 12.2 Å². The van der Waals surface area contributed by atoms with Gasteiger partial charge in [-0.25, -0.2) is 23.2 Å². The number of halogens is 3. The summed E-state index contributed by atoms with van der Waals surface area (Å²) in [6.45, 7) is 3.89. The molecular weight excluding hydrogens is 305 g/mol. The Bertz CT molecular complexity index is 784. The summed E-state index contributed by atoms with van der Waals surface area (Å²) in [5.41, 5.74) is 4.11. The van der Waals surface area contributed by atoms with Crippen LogP contribution in [0.2, 0.25) is 0 Å². The summed E-state index contributed by atoms with van der Waals surface area (Å²) in [4.78, 5) is 4.24. The normalized spacial score (nSPS) is 13.7. The van der Waals surface area contributed by atoms with E-state index in [1.165, 1.54) is 6.33 Å². The molecule has 0 spiro atoms. The number of imidazole rings is 1. The molecule has 1 N–H and O–H groups in total. The van der Waals surface area contributed by atoms with Gasteiger partial charge in [0.15, 0.2) is 23.3 Å². The monoisotopic (exact) mass is 318 g/mol. The zero-order valence-electron chi connectivity index (χ0n) is 12.0. The Morgan fingerprint density at radius 2 is 1.96 bits per heavy atom. The molecule has 2 heterocycles. The Labute approximate surface area is 130 Å². The molecule has 1 aliphatic heterocycles. The fourth-order valence-corrected chi connectivity index (χ4v) is 2.23. The number of hydrazine groups is 1. The van der Waals surface area contributed by atoms with Gasteiger partial charge in [0.05, 0.1) is 18.2 Å². The summed E-state index contributed by atoms with van der Waals surface area (Å²) in [6, 6.07) is 1.93. The van der Waals surface area contributed by atoms with Crippen molar-refractivity contribution in [2.75, 3.05) is 5.01 Å². The molecule has 2 aromatic rings. The lowest BCUT2D eigenvalue weighted by Crippen LogP contribution is -2.34. The van der Waals surface area contributed by atoms with Crippen LogP contribution >= 0.6 is 0 Å². The number of benzene rings is 1. The van der Waals surface area contributed by atoms with Crippen LogP contribution in [0.1, 0.15) is 5.56 Å². The number of nitrogens with one attached hydrogen (secondary N) is 1. The average Bonchev–Trinajstić information content (AvgIpc) is 3.00. The summed E-state index contributed by atoms with van der Waals surface area (Å²) >= 11 is 0. The molecule has 1 aromatic carbocycles. The Hall–Kier alpha value is -2.96. The second kappa shape index (κ2) is 6.04. The molecule has 23 heavy (non-hydrogen) atoms. The molecule has 7 heteroatoms. The van der Waals surface area contributed by atoms with Crippen molar-refractivity contribution in [3.05, 3.63) is 84.4 Å². The van der Waals surface area contributed by atoms with Crippen LogP contribution in [0.3, 0.4) is 0 Å². The van der Waals surface area contributed by atoms with E-state index in [0.29, 0.717) is 11.4 Å². The predicted molar refractivity (Wildman–Crippen MR) is 80.7 cm³/mol. The lowest BCUT2D eigenvalue weighted by atomic mass is 10.2. The van der Waals surface area contributed by atoms with Crippen molar-refractivity contribution < 1.29 is 13.2 Å². The van der Waals surface area contributed by atoms with Gasteiger partial charge in [-0.05, 0) is 35.9 Å². The summed E-state index contributed by atoms with van der Waals surface area (Å²) < 4.78 is 41.1. The van der Waals surface area contributed by atoms with Crippen molar-refractivity contribution in [1.29, 1.82) is 0 Å². The third-order valence-corrected chi connectivity index (χ3v) is 3.29. The Kier molecular flexibility index (Phi) is 3.92. The van der Waals surface area contributed by atoms with Gasteiger partial charge in [0.1, 0.15) is 0 Å². The maximum Gasteiger partial charge on any atom is 0.194 e. The van der Waals surface area contributed by atoms with Crippen LogP contribution in [0.15, 0.2) is 61.4 Å². The molecule has 0 saturated heterocycles. The number of nitrogens with zero attached hydrogens (tertiary/aromatic N) is 3. The fourth-order valence-electron chi connectivity index (χ4n) is 2.23. The minimum Gasteiger partial charge on any atom is -0.331 e. The number of aromatic nitrogens is 2. The minimum absolute atomic E-state index is 0.165. The molecule has 0 atom stereocenters. The van der Waals surface area contributed by atoms with E-state index in [0.717, 1.165) is 17.8 Å². The second-order valence-electron chi connectivity index (χ2n) is 4.90. The van der Waals surface area contributed by atoms with Crippen LogP contribution in [-0.4, -0.2) is 9.55 Å². The molecule has 4 nitrogen and oxygen atoms in total. The van der Waals surface area contributed by atoms with Gasteiger partial charge in [0.25, 0.3) is 0 Å². The fraction of sp³-hybridized carbons (Fsp3) is 0.0625. The van der Waals surface area contributed by atoms with Gasteiger partial charge in [0.2, 0.25) is 0 Å². The molecule has 1 aliphatic rings. The van der Waals surface area contributed by atoms with Gasteiger partial charge in [0, 0.05) is 12.7 Å². The summed E-state index contributed by atoms with van der Waals surface area (Å²) in [5, 5.41) is 1.70. The van der Waals surface area contributed by atoms with E-state index >= 15 is 0 Å². The number of rotatable bonds is 4. The maximum atomic E-state index is 13.3. The first-order valence-corrected chi connectivity index (χ1v) is 6.79. The molecule has 0 bridgehead atoms. The molecular formula is C16H13F3N4. The maximum absolute atomic E-state index is 13.3. The summed E-state index contributed by atoms with van der Waals surface area (Å²) in [7, 11) is 0. The van der Waals surface area contributed by atoms with Crippen molar-refractivity contribution >= 4 is 5.82 Å². The van der Waals surface area contributed by atoms with Crippen LogP contribution in [0.4, 0.5) is 19.0 Å².